The molecule has 0 saturated carbocycles. The quantitative estimate of drug-likeness (QED) is 0.773. The lowest BCUT2D eigenvalue weighted by Gasteiger charge is -1.97. The van der Waals surface area contributed by atoms with Gasteiger partial charge in [0.05, 0.1) is 0 Å². The molecule has 0 aliphatic carbocycles. The highest BCUT2D eigenvalue weighted by atomic mass is 16.3. The SMILES string of the molecule is CCc1ccccc1O.Cc1cccc(C)c1. The molecule has 0 atom stereocenters. The first-order valence-electron chi connectivity index (χ1n) is 5.93. The molecule has 0 spiro atoms. The summed E-state index contributed by atoms with van der Waals surface area (Å²) in [6.07, 6.45) is 0.896. The topological polar surface area (TPSA) is 20.2 Å². The van der Waals surface area contributed by atoms with Crippen molar-refractivity contribution in [3.05, 3.63) is 65.2 Å². The van der Waals surface area contributed by atoms with E-state index in [-0.39, 0.29) is 0 Å². The molecule has 17 heavy (non-hydrogen) atoms. The summed E-state index contributed by atoms with van der Waals surface area (Å²) >= 11 is 0. The average Bonchev–Trinajstić information content (AvgIpc) is 2.30. The van der Waals surface area contributed by atoms with E-state index in [0.717, 1.165) is 12.0 Å². The predicted molar refractivity (Wildman–Crippen MR) is 73.4 cm³/mol. The molecule has 0 heterocycles. The molecule has 0 radical (unpaired) electrons. The van der Waals surface area contributed by atoms with Gasteiger partial charge >= 0.3 is 0 Å². The number of aryl methyl sites for hydroxylation is 3. The van der Waals surface area contributed by atoms with Gasteiger partial charge in [-0.25, -0.2) is 0 Å². The van der Waals surface area contributed by atoms with Crippen LogP contribution in [-0.2, 0) is 6.42 Å². The second-order valence-corrected chi connectivity index (χ2v) is 4.14. The molecule has 0 bridgehead atoms. The van der Waals surface area contributed by atoms with E-state index in [0.29, 0.717) is 5.75 Å². The van der Waals surface area contributed by atoms with E-state index in [2.05, 4.69) is 38.1 Å². The monoisotopic (exact) mass is 228 g/mol. The van der Waals surface area contributed by atoms with Crippen LogP contribution in [0.4, 0.5) is 0 Å². The minimum atomic E-state index is 0.403. The Morgan fingerprint density at radius 1 is 0.882 bits per heavy atom. The number of rotatable bonds is 1. The highest BCUT2D eigenvalue weighted by Crippen LogP contribution is 2.14. The van der Waals surface area contributed by atoms with Crippen molar-refractivity contribution in [3.8, 4) is 5.75 Å². The van der Waals surface area contributed by atoms with Gasteiger partial charge in [-0.05, 0) is 31.9 Å². The number of para-hydroxylation sites is 1. The van der Waals surface area contributed by atoms with Crippen molar-refractivity contribution in [2.45, 2.75) is 27.2 Å². The second kappa shape index (κ2) is 6.74. The summed E-state index contributed by atoms with van der Waals surface area (Å²) in [4.78, 5) is 0. The van der Waals surface area contributed by atoms with E-state index >= 15 is 0 Å². The Morgan fingerprint density at radius 3 is 1.82 bits per heavy atom. The van der Waals surface area contributed by atoms with Crippen LogP contribution in [0.15, 0.2) is 48.5 Å². The molecule has 0 aliphatic rings. The Morgan fingerprint density at radius 2 is 1.47 bits per heavy atom. The summed E-state index contributed by atoms with van der Waals surface area (Å²) in [6.45, 7) is 6.23. The normalized spacial score (nSPS) is 9.35. The van der Waals surface area contributed by atoms with Crippen LogP contribution in [-0.4, -0.2) is 5.11 Å². The zero-order valence-corrected chi connectivity index (χ0v) is 10.8. The van der Waals surface area contributed by atoms with Crippen LogP contribution in [0.3, 0.4) is 0 Å². The van der Waals surface area contributed by atoms with Gasteiger partial charge in [0, 0.05) is 0 Å². The highest BCUT2D eigenvalue weighted by molar-refractivity contribution is 5.31. The maximum atomic E-state index is 9.11. The third-order valence-electron chi connectivity index (χ3n) is 2.55. The fourth-order valence-corrected chi connectivity index (χ4v) is 1.62. The van der Waals surface area contributed by atoms with Crippen LogP contribution in [0, 0.1) is 13.8 Å². The summed E-state index contributed by atoms with van der Waals surface area (Å²) < 4.78 is 0. The van der Waals surface area contributed by atoms with Gasteiger partial charge in [-0.3, -0.25) is 0 Å². The van der Waals surface area contributed by atoms with Crippen LogP contribution in [0.5, 0.6) is 5.75 Å². The Labute approximate surface area is 104 Å². The molecule has 0 amide bonds. The van der Waals surface area contributed by atoms with Gasteiger partial charge in [-0.1, -0.05) is 60.5 Å². The van der Waals surface area contributed by atoms with Crippen molar-refractivity contribution in [3.63, 3.8) is 0 Å². The number of benzene rings is 2. The van der Waals surface area contributed by atoms with Crippen LogP contribution in [0.1, 0.15) is 23.6 Å². The van der Waals surface area contributed by atoms with Crippen LogP contribution in [0.25, 0.3) is 0 Å². The molecule has 2 aromatic carbocycles. The maximum Gasteiger partial charge on any atom is 0.118 e. The van der Waals surface area contributed by atoms with E-state index < -0.39 is 0 Å². The fourth-order valence-electron chi connectivity index (χ4n) is 1.62. The minimum absolute atomic E-state index is 0.403. The van der Waals surface area contributed by atoms with Gasteiger partial charge in [0.15, 0.2) is 0 Å². The smallest absolute Gasteiger partial charge is 0.118 e. The lowest BCUT2D eigenvalue weighted by atomic mass is 10.1. The molecule has 2 aromatic rings. The van der Waals surface area contributed by atoms with Crippen LogP contribution < -0.4 is 0 Å². The Balaban J connectivity index is 0.000000171. The first-order valence-corrected chi connectivity index (χ1v) is 5.93. The van der Waals surface area contributed by atoms with Crippen LogP contribution in [0.2, 0.25) is 0 Å². The number of aromatic hydroxyl groups is 1. The first kappa shape index (κ1) is 13.3. The molecule has 0 aromatic heterocycles. The van der Waals surface area contributed by atoms with E-state index in [9.17, 15) is 0 Å². The average molecular weight is 228 g/mol. The van der Waals surface area contributed by atoms with Crippen molar-refractivity contribution in [1.82, 2.24) is 0 Å². The molecular weight excluding hydrogens is 208 g/mol. The van der Waals surface area contributed by atoms with Gasteiger partial charge in [-0.15, -0.1) is 0 Å². The third kappa shape index (κ3) is 4.73. The van der Waals surface area contributed by atoms with Crippen molar-refractivity contribution in [2.24, 2.45) is 0 Å². The number of hydrogen-bond donors (Lipinski definition) is 1. The molecule has 2 rings (SSSR count). The van der Waals surface area contributed by atoms with Gasteiger partial charge < -0.3 is 5.11 Å². The Bertz CT molecular complexity index is 443. The Kier molecular flexibility index (Phi) is 5.28. The number of phenolic OH excluding ortho intramolecular Hbond substituents is 1. The molecule has 0 fully saturated rings. The Hall–Kier alpha value is -1.76. The van der Waals surface area contributed by atoms with E-state index in [1.165, 1.54) is 11.1 Å². The fraction of sp³-hybridized carbons (Fsp3) is 0.250. The summed E-state index contributed by atoms with van der Waals surface area (Å²) in [5, 5.41) is 9.11. The van der Waals surface area contributed by atoms with Crippen molar-refractivity contribution in [1.29, 1.82) is 0 Å². The molecule has 90 valence electrons. The lowest BCUT2D eigenvalue weighted by molar-refractivity contribution is 0.469. The first-order chi connectivity index (χ1) is 8.13. The number of hydrogen-bond acceptors (Lipinski definition) is 1. The van der Waals surface area contributed by atoms with Gasteiger partial charge in [0.2, 0.25) is 0 Å². The minimum Gasteiger partial charge on any atom is -0.508 e. The molecule has 1 nitrogen and oxygen atoms in total. The summed E-state index contributed by atoms with van der Waals surface area (Å²) in [5.41, 5.74) is 3.69. The molecule has 0 aliphatic heterocycles. The second-order valence-electron chi connectivity index (χ2n) is 4.14. The highest BCUT2D eigenvalue weighted by Gasteiger charge is 1.92. The zero-order chi connectivity index (χ0) is 12.7. The molecule has 1 N–H and O–H groups in total. The molecule has 0 unspecified atom stereocenters. The van der Waals surface area contributed by atoms with Gasteiger partial charge in [0.25, 0.3) is 0 Å². The van der Waals surface area contributed by atoms with Gasteiger partial charge in [-0.2, -0.15) is 0 Å². The maximum absolute atomic E-state index is 9.11. The van der Waals surface area contributed by atoms with Crippen molar-refractivity contribution in [2.75, 3.05) is 0 Å². The van der Waals surface area contributed by atoms with Gasteiger partial charge in [0.1, 0.15) is 5.75 Å². The van der Waals surface area contributed by atoms with Crippen LogP contribution >= 0.6 is 0 Å². The van der Waals surface area contributed by atoms with Crippen molar-refractivity contribution < 1.29 is 5.11 Å². The summed E-state index contributed by atoms with van der Waals surface area (Å²) in [5.74, 6) is 0.403. The van der Waals surface area contributed by atoms with Crippen molar-refractivity contribution >= 4 is 0 Å². The number of phenols is 1. The third-order valence-corrected chi connectivity index (χ3v) is 2.55. The summed E-state index contributed by atoms with van der Waals surface area (Å²) in [6, 6.07) is 15.8. The molecule has 1 heteroatoms. The lowest BCUT2D eigenvalue weighted by Crippen LogP contribution is -1.77. The summed E-state index contributed by atoms with van der Waals surface area (Å²) in [7, 11) is 0. The molecule has 0 saturated heterocycles. The molecular formula is C16H20O. The van der Waals surface area contributed by atoms with E-state index in [1.807, 2.05) is 25.1 Å². The van der Waals surface area contributed by atoms with E-state index in [1.54, 1.807) is 6.07 Å². The predicted octanol–water partition coefficient (Wildman–Crippen LogP) is 4.26. The van der Waals surface area contributed by atoms with E-state index in [4.69, 9.17) is 5.11 Å². The zero-order valence-electron chi connectivity index (χ0n) is 10.8. The largest absolute Gasteiger partial charge is 0.508 e. The standard InChI is InChI=1S/C8H10O.C8H10/c1-2-7-5-3-4-6-8(7)9;1-7-4-3-5-8(2)6-7/h3-6,9H,2H2,1H3;3-6H,1-2H3.